The molecule has 0 aromatic heterocycles. The zero-order chi connectivity index (χ0) is 10.4. The Kier molecular flexibility index (Phi) is 5.49. The molecule has 0 amide bonds. The third kappa shape index (κ3) is 4.43. The second-order valence-corrected chi connectivity index (χ2v) is 4.98. The molecule has 2 nitrogen and oxygen atoms in total. The van der Waals surface area contributed by atoms with Gasteiger partial charge >= 0.3 is 0 Å². The first-order valence-electron chi connectivity index (χ1n) is 6.13. The molecule has 0 spiro atoms. The van der Waals surface area contributed by atoms with E-state index in [0.29, 0.717) is 0 Å². The fourth-order valence-corrected chi connectivity index (χ4v) is 1.89. The summed E-state index contributed by atoms with van der Waals surface area (Å²) in [6, 6.07) is 0. The number of hydrogen-bond acceptors (Lipinski definition) is 2. The van der Waals surface area contributed by atoms with E-state index in [4.69, 9.17) is 0 Å². The van der Waals surface area contributed by atoms with Crippen molar-refractivity contribution in [3.05, 3.63) is 0 Å². The van der Waals surface area contributed by atoms with Crippen LogP contribution in [-0.4, -0.2) is 37.6 Å². The predicted molar refractivity (Wildman–Crippen MR) is 62.5 cm³/mol. The highest BCUT2D eigenvalue weighted by molar-refractivity contribution is 4.68. The van der Waals surface area contributed by atoms with Gasteiger partial charge in [-0.1, -0.05) is 20.8 Å². The minimum Gasteiger partial charge on any atom is -0.317 e. The Morgan fingerprint density at radius 2 is 1.64 bits per heavy atom. The second-order valence-electron chi connectivity index (χ2n) is 4.98. The maximum atomic E-state index is 3.46. The van der Waals surface area contributed by atoms with Crippen LogP contribution in [0.3, 0.4) is 0 Å². The average Bonchev–Trinajstić information content (AvgIpc) is 2.08. The number of hydrogen-bond donors (Lipinski definition) is 1. The van der Waals surface area contributed by atoms with Crippen molar-refractivity contribution >= 4 is 0 Å². The van der Waals surface area contributed by atoms with Gasteiger partial charge in [-0.2, -0.15) is 0 Å². The van der Waals surface area contributed by atoms with Crippen LogP contribution in [0.25, 0.3) is 0 Å². The normalized spacial score (nSPS) is 23.1. The van der Waals surface area contributed by atoms with Gasteiger partial charge in [0.25, 0.3) is 0 Å². The second kappa shape index (κ2) is 6.41. The zero-order valence-corrected chi connectivity index (χ0v) is 10.1. The molecule has 1 atom stereocenters. The highest BCUT2D eigenvalue weighted by Crippen LogP contribution is 2.12. The topological polar surface area (TPSA) is 15.3 Å². The predicted octanol–water partition coefficient (Wildman–Crippen LogP) is 1.96. The lowest BCUT2D eigenvalue weighted by Gasteiger charge is -2.29. The van der Waals surface area contributed by atoms with E-state index in [1.165, 1.54) is 45.6 Å². The van der Waals surface area contributed by atoms with Crippen molar-refractivity contribution in [1.29, 1.82) is 0 Å². The molecule has 0 radical (unpaired) electrons. The Labute approximate surface area is 89.1 Å². The maximum Gasteiger partial charge on any atom is 0.000948 e. The summed E-state index contributed by atoms with van der Waals surface area (Å²) in [7, 11) is 0. The molecule has 0 aromatic carbocycles. The highest BCUT2D eigenvalue weighted by atomic mass is 15.1. The average molecular weight is 198 g/mol. The van der Waals surface area contributed by atoms with Gasteiger partial charge in [0, 0.05) is 6.54 Å². The van der Waals surface area contributed by atoms with Crippen LogP contribution >= 0.6 is 0 Å². The van der Waals surface area contributed by atoms with Gasteiger partial charge in [-0.3, -0.25) is 0 Å². The molecule has 0 aromatic rings. The van der Waals surface area contributed by atoms with Crippen molar-refractivity contribution < 1.29 is 0 Å². The zero-order valence-electron chi connectivity index (χ0n) is 10.1. The van der Waals surface area contributed by atoms with E-state index >= 15 is 0 Å². The van der Waals surface area contributed by atoms with Crippen molar-refractivity contribution in [2.75, 3.05) is 32.7 Å². The van der Waals surface area contributed by atoms with Crippen molar-refractivity contribution in [3.63, 3.8) is 0 Å². The Morgan fingerprint density at radius 3 is 2.14 bits per heavy atom. The molecule has 1 aliphatic rings. The lowest BCUT2D eigenvalue weighted by atomic mass is 9.97. The molecule has 1 unspecified atom stereocenters. The lowest BCUT2D eigenvalue weighted by Crippen LogP contribution is -2.37. The van der Waals surface area contributed by atoms with E-state index in [9.17, 15) is 0 Å². The molecule has 84 valence electrons. The number of nitrogens with one attached hydrogen (secondary N) is 1. The monoisotopic (exact) mass is 198 g/mol. The molecule has 0 saturated carbocycles. The fourth-order valence-electron chi connectivity index (χ4n) is 1.89. The van der Waals surface area contributed by atoms with Gasteiger partial charge in [-0.25, -0.2) is 0 Å². The van der Waals surface area contributed by atoms with Gasteiger partial charge in [0.1, 0.15) is 0 Å². The summed E-state index contributed by atoms with van der Waals surface area (Å²) in [6.07, 6.45) is 2.62. The molecule has 0 bridgehead atoms. The molecule has 1 heterocycles. The minimum absolute atomic E-state index is 0.818. The first kappa shape index (κ1) is 12.0. The van der Waals surface area contributed by atoms with E-state index in [1.807, 2.05) is 0 Å². The van der Waals surface area contributed by atoms with Crippen LogP contribution in [0.15, 0.2) is 0 Å². The van der Waals surface area contributed by atoms with E-state index in [-0.39, 0.29) is 0 Å². The molecule has 14 heavy (non-hydrogen) atoms. The first-order chi connectivity index (χ1) is 6.70. The third-order valence-electron chi connectivity index (χ3n) is 3.34. The number of rotatable bonds is 3. The van der Waals surface area contributed by atoms with Crippen molar-refractivity contribution in [2.45, 2.75) is 33.6 Å². The van der Waals surface area contributed by atoms with E-state index in [2.05, 4.69) is 31.0 Å². The van der Waals surface area contributed by atoms with Crippen LogP contribution in [0.1, 0.15) is 33.6 Å². The standard InChI is InChI=1S/C12H26N2/c1-11(2)12(3)10-14-8-4-6-13-7-5-9-14/h11-13H,4-10H2,1-3H3. The van der Waals surface area contributed by atoms with Crippen LogP contribution in [0.2, 0.25) is 0 Å². The fraction of sp³-hybridized carbons (Fsp3) is 1.00. The number of nitrogens with zero attached hydrogens (tertiary/aromatic N) is 1. The van der Waals surface area contributed by atoms with Crippen LogP contribution in [0.4, 0.5) is 0 Å². The summed E-state index contributed by atoms with van der Waals surface area (Å²) in [5.74, 6) is 1.65. The van der Waals surface area contributed by atoms with E-state index in [1.54, 1.807) is 0 Å². The van der Waals surface area contributed by atoms with Gasteiger partial charge < -0.3 is 10.2 Å². The summed E-state index contributed by atoms with van der Waals surface area (Å²) < 4.78 is 0. The quantitative estimate of drug-likeness (QED) is 0.746. The van der Waals surface area contributed by atoms with Gasteiger partial charge in [0.05, 0.1) is 0 Å². The molecule has 0 aliphatic carbocycles. The molecule has 1 N–H and O–H groups in total. The molecule has 1 aliphatic heterocycles. The summed E-state index contributed by atoms with van der Waals surface area (Å²) in [6.45, 7) is 13.3. The lowest BCUT2D eigenvalue weighted by molar-refractivity contribution is 0.199. The van der Waals surface area contributed by atoms with Crippen LogP contribution in [0, 0.1) is 11.8 Å². The van der Waals surface area contributed by atoms with Gasteiger partial charge in [-0.15, -0.1) is 0 Å². The van der Waals surface area contributed by atoms with E-state index < -0.39 is 0 Å². The minimum atomic E-state index is 0.818. The maximum absolute atomic E-state index is 3.46. The largest absolute Gasteiger partial charge is 0.317 e. The van der Waals surface area contributed by atoms with Crippen molar-refractivity contribution in [1.82, 2.24) is 10.2 Å². The van der Waals surface area contributed by atoms with Crippen LogP contribution < -0.4 is 5.32 Å². The Morgan fingerprint density at radius 1 is 1.07 bits per heavy atom. The van der Waals surface area contributed by atoms with Gasteiger partial charge in [-0.05, 0) is 50.9 Å². The molecular weight excluding hydrogens is 172 g/mol. The molecular formula is C12H26N2. The molecule has 1 fully saturated rings. The summed E-state index contributed by atoms with van der Waals surface area (Å²) >= 11 is 0. The molecule has 1 saturated heterocycles. The Bertz CT molecular complexity index is 137. The highest BCUT2D eigenvalue weighted by Gasteiger charge is 2.13. The SMILES string of the molecule is CC(C)C(C)CN1CCCNCCC1. The Hall–Kier alpha value is -0.0800. The molecule has 1 rings (SSSR count). The van der Waals surface area contributed by atoms with Crippen molar-refractivity contribution in [2.24, 2.45) is 11.8 Å². The third-order valence-corrected chi connectivity index (χ3v) is 3.34. The van der Waals surface area contributed by atoms with Crippen LogP contribution in [-0.2, 0) is 0 Å². The molecule has 2 heteroatoms. The summed E-state index contributed by atoms with van der Waals surface area (Å²) in [4.78, 5) is 2.64. The van der Waals surface area contributed by atoms with Gasteiger partial charge in [0.15, 0.2) is 0 Å². The smallest absolute Gasteiger partial charge is 0.000948 e. The van der Waals surface area contributed by atoms with E-state index in [0.717, 1.165) is 11.8 Å². The van der Waals surface area contributed by atoms with Crippen LogP contribution in [0.5, 0.6) is 0 Å². The van der Waals surface area contributed by atoms with Gasteiger partial charge in [0.2, 0.25) is 0 Å². The first-order valence-corrected chi connectivity index (χ1v) is 6.13. The Balaban J connectivity index is 2.26. The van der Waals surface area contributed by atoms with Crippen molar-refractivity contribution in [3.8, 4) is 0 Å². The summed E-state index contributed by atoms with van der Waals surface area (Å²) in [5.41, 5.74) is 0. The summed E-state index contributed by atoms with van der Waals surface area (Å²) in [5, 5.41) is 3.46.